The van der Waals surface area contributed by atoms with Crippen LogP contribution in [0.25, 0.3) is 0 Å². The molecule has 2 aliphatic heterocycles. The maximum absolute atomic E-state index is 12.5. The lowest BCUT2D eigenvalue weighted by atomic mass is 9.93. The van der Waals surface area contributed by atoms with Crippen LogP contribution in [0.15, 0.2) is 30.5 Å². The molecule has 4 heterocycles. The number of carbonyl (C=O) groups excluding carboxylic acids is 1. The summed E-state index contributed by atoms with van der Waals surface area (Å²) in [7, 11) is 0. The van der Waals surface area contributed by atoms with Gasteiger partial charge in [-0.25, -0.2) is 9.97 Å². The number of carbonyl (C=O) groups is 1. The van der Waals surface area contributed by atoms with Crippen LogP contribution in [0.3, 0.4) is 0 Å². The first-order valence-corrected chi connectivity index (χ1v) is 10.7. The van der Waals surface area contributed by atoms with E-state index in [1.54, 1.807) is 6.20 Å². The Kier molecular flexibility index (Phi) is 6.34. The van der Waals surface area contributed by atoms with Crippen LogP contribution in [-0.2, 0) is 11.3 Å². The molecule has 1 amide bonds. The summed E-state index contributed by atoms with van der Waals surface area (Å²) in [5, 5.41) is 6.45. The molecule has 0 bridgehead atoms. The Hall–Kier alpha value is -2.54. The maximum atomic E-state index is 12.5. The fourth-order valence-corrected chi connectivity index (χ4v) is 4.26. The van der Waals surface area contributed by atoms with E-state index >= 15 is 0 Å². The summed E-state index contributed by atoms with van der Waals surface area (Å²) in [5.41, 5.74) is 2.06. The molecule has 2 N–H and O–H groups in total. The molecule has 29 heavy (non-hydrogen) atoms. The molecule has 0 unspecified atom stereocenters. The molecule has 2 aromatic rings. The second kappa shape index (κ2) is 9.31. The highest BCUT2D eigenvalue weighted by Crippen LogP contribution is 2.28. The van der Waals surface area contributed by atoms with Crippen molar-refractivity contribution in [2.45, 2.75) is 45.1 Å². The van der Waals surface area contributed by atoms with E-state index in [1.807, 2.05) is 25.1 Å². The van der Waals surface area contributed by atoms with Gasteiger partial charge in [0.1, 0.15) is 11.6 Å². The summed E-state index contributed by atoms with van der Waals surface area (Å²) in [6.07, 6.45) is 5.71. The first kappa shape index (κ1) is 19.8. The molecule has 0 spiro atoms. The fraction of sp³-hybridized carbons (Fsp3) is 0.545. The number of piperidine rings is 2. The summed E-state index contributed by atoms with van der Waals surface area (Å²) in [5.74, 6) is 2.56. The topological polar surface area (TPSA) is 83.0 Å². The van der Waals surface area contributed by atoms with Crippen molar-refractivity contribution in [1.29, 1.82) is 0 Å². The smallest absolute Gasteiger partial charge is 0.223 e. The van der Waals surface area contributed by atoms with Crippen molar-refractivity contribution in [3.63, 3.8) is 0 Å². The van der Waals surface area contributed by atoms with Crippen molar-refractivity contribution in [2.75, 3.05) is 31.1 Å². The predicted molar refractivity (Wildman–Crippen MR) is 113 cm³/mol. The van der Waals surface area contributed by atoms with Crippen LogP contribution < -0.4 is 15.5 Å². The van der Waals surface area contributed by atoms with Crippen LogP contribution in [0.1, 0.15) is 48.8 Å². The average Bonchev–Trinajstić information content (AvgIpc) is 2.78. The molecule has 154 valence electrons. The molecule has 2 fully saturated rings. The van der Waals surface area contributed by atoms with Crippen LogP contribution in [0.5, 0.6) is 0 Å². The minimum absolute atomic E-state index is 0.0572. The van der Waals surface area contributed by atoms with Crippen LogP contribution in [-0.4, -0.2) is 47.0 Å². The molecule has 0 aromatic carbocycles. The number of rotatable bonds is 5. The molecular formula is C22H30N6O. The summed E-state index contributed by atoms with van der Waals surface area (Å²) < 4.78 is 0. The van der Waals surface area contributed by atoms with Crippen LogP contribution in [0, 0.1) is 12.8 Å². The Morgan fingerprint density at radius 3 is 2.69 bits per heavy atom. The standard InChI is InChI=1S/C22H30N6O/c1-16-26-20(17-5-10-23-11-6-17)14-21(27-16)28-12-7-18(8-13-28)22(29)25-15-19-4-2-3-9-24-19/h2-4,9,14,17-18,23H,5-8,10-13,15H2,1H3,(H,25,29). The van der Waals surface area contributed by atoms with Crippen molar-refractivity contribution < 1.29 is 4.79 Å². The predicted octanol–water partition coefficient (Wildman–Crippen LogP) is 2.18. The summed E-state index contributed by atoms with van der Waals surface area (Å²) in [4.78, 5) is 28.5. The van der Waals surface area contributed by atoms with Crippen molar-refractivity contribution >= 4 is 11.7 Å². The highest BCUT2D eigenvalue weighted by atomic mass is 16.1. The Morgan fingerprint density at radius 1 is 1.17 bits per heavy atom. The van der Waals surface area contributed by atoms with Gasteiger partial charge in [0.05, 0.1) is 12.2 Å². The highest BCUT2D eigenvalue weighted by molar-refractivity contribution is 5.78. The lowest BCUT2D eigenvalue weighted by Crippen LogP contribution is -2.41. The Labute approximate surface area is 172 Å². The number of pyridine rings is 1. The van der Waals surface area contributed by atoms with E-state index < -0.39 is 0 Å². The number of nitrogens with zero attached hydrogens (tertiary/aromatic N) is 4. The number of anilines is 1. The van der Waals surface area contributed by atoms with Gasteiger partial charge in [-0.3, -0.25) is 9.78 Å². The third-order valence-corrected chi connectivity index (χ3v) is 5.96. The maximum Gasteiger partial charge on any atom is 0.223 e. The van der Waals surface area contributed by atoms with Gasteiger partial charge in [0.2, 0.25) is 5.91 Å². The lowest BCUT2D eigenvalue weighted by molar-refractivity contribution is -0.125. The second-order valence-electron chi connectivity index (χ2n) is 8.02. The third-order valence-electron chi connectivity index (χ3n) is 5.96. The van der Waals surface area contributed by atoms with Gasteiger partial charge in [-0.1, -0.05) is 6.07 Å². The van der Waals surface area contributed by atoms with E-state index in [0.717, 1.165) is 69.2 Å². The second-order valence-corrected chi connectivity index (χ2v) is 8.02. The van der Waals surface area contributed by atoms with E-state index in [9.17, 15) is 4.79 Å². The van der Waals surface area contributed by atoms with Gasteiger partial charge < -0.3 is 15.5 Å². The number of amides is 1. The average molecular weight is 395 g/mol. The van der Waals surface area contributed by atoms with Gasteiger partial charge in [-0.2, -0.15) is 0 Å². The van der Waals surface area contributed by atoms with Crippen LogP contribution in [0.4, 0.5) is 5.82 Å². The van der Waals surface area contributed by atoms with Crippen molar-refractivity contribution in [2.24, 2.45) is 5.92 Å². The van der Waals surface area contributed by atoms with E-state index in [4.69, 9.17) is 4.98 Å². The molecule has 0 aliphatic carbocycles. The molecule has 2 aromatic heterocycles. The van der Waals surface area contributed by atoms with E-state index in [-0.39, 0.29) is 11.8 Å². The molecule has 0 radical (unpaired) electrons. The molecule has 7 heteroatoms. The SMILES string of the molecule is Cc1nc(C2CCNCC2)cc(N2CCC(C(=O)NCc3ccccn3)CC2)n1. The minimum Gasteiger partial charge on any atom is -0.356 e. The van der Waals surface area contributed by atoms with Crippen molar-refractivity contribution in [1.82, 2.24) is 25.6 Å². The van der Waals surface area contributed by atoms with Gasteiger partial charge >= 0.3 is 0 Å². The zero-order chi connectivity index (χ0) is 20.1. The first-order chi connectivity index (χ1) is 14.2. The van der Waals surface area contributed by atoms with Gasteiger partial charge in [0.15, 0.2) is 0 Å². The van der Waals surface area contributed by atoms with Gasteiger partial charge in [-0.15, -0.1) is 0 Å². The molecular weight excluding hydrogens is 364 g/mol. The Bertz CT molecular complexity index is 813. The monoisotopic (exact) mass is 394 g/mol. The van der Waals surface area contributed by atoms with Crippen molar-refractivity contribution in [3.8, 4) is 0 Å². The summed E-state index contributed by atoms with van der Waals surface area (Å²) in [6, 6.07) is 7.92. The number of aromatic nitrogens is 3. The molecule has 0 atom stereocenters. The Balaban J connectivity index is 1.33. The first-order valence-electron chi connectivity index (χ1n) is 10.7. The lowest BCUT2D eigenvalue weighted by Gasteiger charge is -2.33. The highest BCUT2D eigenvalue weighted by Gasteiger charge is 2.26. The molecule has 0 saturated carbocycles. The van der Waals surface area contributed by atoms with E-state index in [0.29, 0.717) is 12.5 Å². The largest absolute Gasteiger partial charge is 0.356 e. The molecule has 4 rings (SSSR count). The van der Waals surface area contributed by atoms with E-state index in [1.165, 1.54) is 5.69 Å². The zero-order valence-corrected chi connectivity index (χ0v) is 17.1. The minimum atomic E-state index is 0.0572. The van der Waals surface area contributed by atoms with Gasteiger partial charge in [-0.05, 0) is 57.8 Å². The van der Waals surface area contributed by atoms with Crippen molar-refractivity contribution in [3.05, 3.63) is 47.7 Å². The summed E-state index contributed by atoms with van der Waals surface area (Å²) in [6.45, 7) is 6.29. The number of aryl methyl sites for hydroxylation is 1. The molecule has 2 saturated heterocycles. The quantitative estimate of drug-likeness (QED) is 0.809. The zero-order valence-electron chi connectivity index (χ0n) is 17.1. The van der Waals surface area contributed by atoms with Gasteiger partial charge in [0, 0.05) is 42.9 Å². The Morgan fingerprint density at radius 2 is 1.97 bits per heavy atom. The van der Waals surface area contributed by atoms with Crippen LogP contribution >= 0.6 is 0 Å². The normalized spacial score (nSPS) is 18.6. The molecule has 7 nitrogen and oxygen atoms in total. The number of hydrogen-bond donors (Lipinski definition) is 2. The fourth-order valence-electron chi connectivity index (χ4n) is 4.26. The van der Waals surface area contributed by atoms with Gasteiger partial charge in [0.25, 0.3) is 0 Å². The van der Waals surface area contributed by atoms with E-state index in [2.05, 4.69) is 31.6 Å². The third kappa shape index (κ3) is 5.09. The van der Waals surface area contributed by atoms with Crippen LogP contribution in [0.2, 0.25) is 0 Å². The summed E-state index contributed by atoms with van der Waals surface area (Å²) >= 11 is 0. The number of hydrogen-bond acceptors (Lipinski definition) is 6. The molecule has 2 aliphatic rings. The number of nitrogens with one attached hydrogen (secondary N) is 2.